The first-order chi connectivity index (χ1) is 18.2. The van der Waals surface area contributed by atoms with Gasteiger partial charge in [0.15, 0.2) is 6.49 Å². The van der Waals surface area contributed by atoms with Gasteiger partial charge >= 0.3 is 0 Å². The third-order valence-electron chi connectivity index (χ3n) is 5.35. The van der Waals surface area contributed by atoms with Crippen molar-refractivity contribution in [1.82, 2.24) is 12.2 Å². The SMILES string of the molecule is CC(C)SN(Cc1ccccc1)P(=S)(N(Cc1ccccc1)SC(C)C)N(Cc1ccccc1)SC(C)C. The van der Waals surface area contributed by atoms with E-state index in [1.54, 1.807) is 0 Å². The summed E-state index contributed by atoms with van der Waals surface area (Å²) in [5.41, 5.74) is 3.87. The minimum atomic E-state index is -2.49. The van der Waals surface area contributed by atoms with Gasteiger partial charge in [0.25, 0.3) is 0 Å². The van der Waals surface area contributed by atoms with Crippen LogP contribution in [0.25, 0.3) is 0 Å². The molecule has 0 radical (unpaired) electrons. The number of hydrogen-bond donors (Lipinski definition) is 0. The molecule has 0 unspecified atom stereocenters. The van der Waals surface area contributed by atoms with Crippen LogP contribution in [0.4, 0.5) is 0 Å². The van der Waals surface area contributed by atoms with Gasteiger partial charge in [-0.25, -0.2) is 0 Å². The number of benzene rings is 3. The molecule has 3 nitrogen and oxygen atoms in total. The zero-order chi connectivity index (χ0) is 27.5. The molecule has 0 atom stereocenters. The summed E-state index contributed by atoms with van der Waals surface area (Å²) in [5.74, 6) is 0. The smallest absolute Gasteiger partial charge is 0.175 e. The van der Waals surface area contributed by atoms with Crippen LogP contribution in [0.1, 0.15) is 58.2 Å². The van der Waals surface area contributed by atoms with E-state index in [1.807, 2.05) is 35.8 Å². The molecular formula is C30H42N3PS4. The van der Waals surface area contributed by atoms with Crippen LogP contribution in [0.2, 0.25) is 0 Å². The molecule has 0 saturated carbocycles. The fourth-order valence-corrected chi connectivity index (χ4v) is 14.4. The standard InChI is InChI=1S/C30H42N3PS4/c1-25(2)36-31(22-28-16-10-7-11-17-28)34(35,32(37-26(3)4)23-29-18-12-8-13-19-29)33(38-27(5)6)24-30-20-14-9-15-21-30/h7-21,25-27H,22-24H2,1-6H3. The van der Waals surface area contributed by atoms with Crippen LogP contribution < -0.4 is 0 Å². The average molecular weight is 604 g/mol. The van der Waals surface area contributed by atoms with E-state index in [2.05, 4.69) is 145 Å². The molecule has 0 saturated heterocycles. The summed E-state index contributed by atoms with van der Waals surface area (Å²) >= 11 is 12.8. The summed E-state index contributed by atoms with van der Waals surface area (Å²) in [4.78, 5) is 0. The van der Waals surface area contributed by atoms with E-state index in [0.717, 1.165) is 19.6 Å². The molecule has 8 heteroatoms. The van der Waals surface area contributed by atoms with Crippen molar-refractivity contribution in [3.05, 3.63) is 108 Å². The third-order valence-corrected chi connectivity index (χ3v) is 15.5. The number of hydrogen-bond acceptors (Lipinski definition) is 4. The summed E-state index contributed by atoms with van der Waals surface area (Å²) in [6.45, 7) is 13.6. The van der Waals surface area contributed by atoms with Gasteiger partial charge in [-0.05, 0) is 28.5 Å². The van der Waals surface area contributed by atoms with Crippen LogP contribution in [0.3, 0.4) is 0 Å². The van der Waals surface area contributed by atoms with Gasteiger partial charge in [-0.15, -0.1) is 0 Å². The summed E-state index contributed by atoms with van der Waals surface area (Å²) in [6, 6.07) is 32.4. The predicted molar refractivity (Wildman–Crippen MR) is 178 cm³/mol. The Bertz CT molecular complexity index is 973. The van der Waals surface area contributed by atoms with E-state index >= 15 is 0 Å². The van der Waals surface area contributed by atoms with Gasteiger partial charge in [0.2, 0.25) is 0 Å². The largest absolute Gasteiger partial charge is 0.190 e. The fraction of sp³-hybridized carbons (Fsp3) is 0.400. The Balaban J connectivity index is 2.18. The van der Waals surface area contributed by atoms with E-state index in [-0.39, 0.29) is 0 Å². The summed E-state index contributed by atoms with van der Waals surface area (Å²) < 4.78 is 7.66. The maximum absolute atomic E-state index is 7.05. The molecule has 38 heavy (non-hydrogen) atoms. The minimum absolute atomic E-state index is 0.409. The highest BCUT2D eigenvalue weighted by Crippen LogP contribution is 2.67. The average Bonchev–Trinajstić information content (AvgIpc) is 2.88. The van der Waals surface area contributed by atoms with Crippen molar-refractivity contribution in [3.8, 4) is 0 Å². The van der Waals surface area contributed by atoms with Crippen LogP contribution in [0.15, 0.2) is 91.0 Å². The first kappa shape index (κ1) is 31.8. The molecule has 0 N–H and O–H groups in total. The van der Waals surface area contributed by atoms with Crippen LogP contribution in [0.5, 0.6) is 0 Å². The highest BCUT2D eigenvalue weighted by Gasteiger charge is 2.41. The molecule has 0 amide bonds. The highest BCUT2D eigenvalue weighted by molar-refractivity contribution is 8.24. The van der Waals surface area contributed by atoms with Crippen molar-refractivity contribution in [2.75, 3.05) is 0 Å². The topological polar surface area (TPSA) is 9.72 Å². The molecule has 0 aliphatic rings. The zero-order valence-electron chi connectivity index (χ0n) is 23.4. The van der Waals surface area contributed by atoms with Gasteiger partial charge in [0.05, 0.1) is 0 Å². The van der Waals surface area contributed by atoms with Crippen LogP contribution in [-0.4, -0.2) is 28.0 Å². The molecule has 0 bridgehead atoms. The van der Waals surface area contributed by atoms with Crippen LogP contribution in [-0.2, 0) is 31.4 Å². The lowest BCUT2D eigenvalue weighted by Gasteiger charge is -2.48. The predicted octanol–water partition coefficient (Wildman–Crippen LogP) is 9.89. The molecule has 206 valence electrons. The molecule has 0 heterocycles. The van der Waals surface area contributed by atoms with Gasteiger partial charge in [-0.2, -0.15) is 12.2 Å². The summed E-state index contributed by atoms with van der Waals surface area (Å²) in [6.07, 6.45) is 0. The van der Waals surface area contributed by atoms with Crippen LogP contribution >= 0.6 is 42.3 Å². The third kappa shape index (κ3) is 9.71. The van der Waals surface area contributed by atoms with E-state index in [0.29, 0.717) is 15.7 Å². The summed E-state index contributed by atoms with van der Waals surface area (Å²) in [5, 5.41) is 1.23. The highest BCUT2D eigenvalue weighted by atomic mass is 32.5. The number of nitrogens with zero attached hydrogens (tertiary/aromatic N) is 3. The first-order valence-electron chi connectivity index (χ1n) is 13.2. The molecule has 0 fully saturated rings. The van der Waals surface area contributed by atoms with Crippen LogP contribution in [0, 0.1) is 0 Å². The molecule has 3 aromatic rings. The molecule has 0 aromatic heterocycles. The van der Waals surface area contributed by atoms with Crippen molar-refractivity contribution >= 4 is 54.1 Å². The van der Waals surface area contributed by atoms with E-state index in [9.17, 15) is 0 Å². The van der Waals surface area contributed by atoms with E-state index < -0.39 is 6.49 Å². The zero-order valence-corrected chi connectivity index (χ0v) is 27.6. The van der Waals surface area contributed by atoms with Gasteiger partial charge in [0.1, 0.15) is 0 Å². The molecule has 0 aliphatic carbocycles. The Labute approximate surface area is 249 Å². The Morgan fingerprint density at radius 2 is 0.737 bits per heavy atom. The van der Waals surface area contributed by atoms with Gasteiger partial charge < -0.3 is 0 Å². The van der Waals surface area contributed by atoms with Crippen molar-refractivity contribution < 1.29 is 0 Å². The lowest BCUT2D eigenvalue weighted by Crippen LogP contribution is -2.34. The fourth-order valence-electron chi connectivity index (χ4n) is 3.86. The number of rotatable bonds is 15. The first-order valence-corrected chi connectivity index (χ1v) is 18.4. The summed E-state index contributed by atoms with van der Waals surface area (Å²) in [7, 11) is 0. The molecule has 3 aromatic carbocycles. The lowest BCUT2D eigenvalue weighted by molar-refractivity contribution is 0.548. The van der Waals surface area contributed by atoms with Gasteiger partial charge in [0, 0.05) is 35.4 Å². The van der Waals surface area contributed by atoms with E-state index in [1.165, 1.54) is 16.7 Å². The van der Waals surface area contributed by atoms with Crippen molar-refractivity contribution in [2.45, 2.75) is 76.9 Å². The minimum Gasteiger partial charge on any atom is -0.190 e. The molecular weight excluding hydrogens is 562 g/mol. The maximum Gasteiger partial charge on any atom is 0.175 e. The second-order valence-corrected chi connectivity index (χ2v) is 19.5. The Morgan fingerprint density at radius 1 is 0.500 bits per heavy atom. The lowest BCUT2D eigenvalue weighted by atomic mass is 10.2. The molecule has 3 rings (SSSR count). The van der Waals surface area contributed by atoms with E-state index in [4.69, 9.17) is 11.8 Å². The van der Waals surface area contributed by atoms with Gasteiger partial charge in [-0.1, -0.05) is 168 Å². The Hall–Kier alpha value is -0.760. The monoisotopic (exact) mass is 603 g/mol. The van der Waals surface area contributed by atoms with Crippen molar-refractivity contribution in [2.24, 2.45) is 0 Å². The van der Waals surface area contributed by atoms with Gasteiger partial charge in [-0.3, -0.25) is 0 Å². The normalized spacial score (nSPS) is 12.5. The quantitative estimate of drug-likeness (QED) is 0.125. The second-order valence-electron chi connectivity index (χ2n) is 9.96. The second kappa shape index (κ2) is 15.9. The van der Waals surface area contributed by atoms with Crippen molar-refractivity contribution in [3.63, 3.8) is 0 Å². The maximum atomic E-state index is 7.05. The van der Waals surface area contributed by atoms with Crippen molar-refractivity contribution in [1.29, 1.82) is 0 Å². The Morgan fingerprint density at radius 3 is 0.947 bits per heavy atom. The molecule has 0 spiro atoms. The Kier molecular flexibility index (Phi) is 13.3. The molecule has 0 aliphatic heterocycles.